The molecule has 0 fully saturated rings. The molecule has 0 atom stereocenters. The van der Waals surface area contributed by atoms with E-state index in [0.29, 0.717) is 13.0 Å². The number of rotatable bonds is 4. The minimum atomic E-state index is -0.0237. The molecule has 0 bridgehead atoms. The van der Waals surface area contributed by atoms with Crippen LogP contribution >= 0.6 is 0 Å². The lowest BCUT2D eigenvalue weighted by atomic mass is 9.99. The molecule has 0 heterocycles. The molecule has 0 saturated carbocycles. The molecule has 0 aromatic carbocycles. The van der Waals surface area contributed by atoms with Crippen LogP contribution in [0, 0.1) is 5.41 Å². The number of hydrogen-bond acceptors (Lipinski definition) is 1. The smallest absolute Gasteiger partial charge is 0.0844 e. The SMILES string of the molecule is CC(C)(C)COCCC[O]. The molecule has 0 amide bonds. The molecule has 0 unspecified atom stereocenters. The van der Waals surface area contributed by atoms with Crippen LogP contribution in [-0.2, 0) is 9.84 Å². The van der Waals surface area contributed by atoms with E-state index in [1.165, 1.54) is 0 Å². The zero-order valence-corrected chi connectivity index (χ0v) is 7.14. The van der Waals surface area contributed by atoms with Gasteiger partial charge in [-0.05, 0) is 11.8 Å². The van der Waals surface area contributed by atoms with Gasteiger partial charge in [-0.1, -0.05) is 20.8 Å². The van der Waals surface area contributed by atoms with E-state index in [0.717, 1.165) is 6.61 Å². The Hall–Kier alpha value is -0.0800. The van der Waals surface area contributed by atoms with Crippen LogP contribution < -0.4 is 0 Å². The van der Waals surface area contributed by atoms with Crippen molar-refractivity contribution in [2.24, 2.45) is 5.41 Å². The van der Waals surface area contributed by atoms with Crippen molar-refractivity contribution in [3.8, 4) is 0 Å². The zero-order chi connectivity index (χ0) is 8.04. The molecule has 0 aromatic heterocycles. The summed E-state index contributed by atoms with van der Waals surface area (Å²) in [6, 6.07) is 0. The second-order valence-corrected chi connectivity index (χ2v) is 3.67. The fourth-order valence-electron chi connectivity index (χ4n) is 0.539. The third-order valence-electron chi connectivity index (χ3n) is 0.968. The molecule has 0 rings (SSSR count). The van der Waals surface area contributed by atoms with Crippen molar-refractivity contribution in [2.75, 3.05) is 19.8 Å². The summed E-state index contributed by atoms with van der Waals surface area (Å²) in [5, 5.41) is 9.97. The summed E-state index contributed by atoms with van der Waals surface area (Å²) in [4.78, 5) is 0. The maximum absolute atomic E-state index is 9.97. The van der Waals surface area contributed by atoms with Crippen LogP contribution in [0.5, 0.6) is 0 Å². The summed E-state index contributed by atoms with van der Waals surface area (Å²) in [6.07, 6.45) is 0.635. The normalized spacial score (nSPS) is 12.0. The fraction of sp³-hybridized carbons (Fsp3) is 1.00. The van der Waals surface area contributed by atoms with E-state index in [1.54, 1.807) is 0 Å². The molecule has 0 aromatic rings. The Labute approximate surface area is 63.2 Å². The molecular weight excluding hydrogens is 128 g/mol. The minimum Gasteiger partial charge on any atom is -0.381 e. The van der Waals surface area contributed by atoms with Crippen molar-refractivity contribution in [2.45, 2.75) is 27.2 Å². The quantitative estimate of drug-likeness (QED) is 0.555. The predicted octanol–water partition coefficient (Wildman–Crippen LogP) is 1.87. The lowest BCUT2D eigenvalue weighted by molar-refractivity contribution is 0.0543. The summed E-state index contributed by atoms with van der Waals surface area (Å²) in [6.45, 7) is 7.68. The van der Waals surface area contributed by atoms with Gasteiger partial charge in [-0.15, -0.1) is 0 Å². The van der Waals surface area contributed by atoms with Crippen LogP contribution in [0.4, 0.5) is 0 Å². The van der Waals surface area contributed by atoms with Gasteiger partial charge < -0.3 is 4.74 Å². The molecule has 10 heavy (non-hydrogen) atoms. The molecule has 0 aliphatic heterocycles. The van der Waals surface area contributed by atoms with Gasteiger partial charge in [-0.2, -0.15) is 0 Å². The third kappa shape index (κ3) is 7.92. The Bertz CT molecular complexity index is 73.8. The first-order valence-electron chi connectivity index (χ1n) is 3.72. The molecule has 2 heteroatoms. The Morgan fingerprint density at radius 2 is 1.90 bits per heavy atom. The second kappa shape index (κ2) is 4.69. The molecule has 61 valence electrons. The van der Waals surface area contributed by atoms with Crippen LogP contribution in [0.3, 0.4) is 0 Å². The second-order valence-electron chi connectivity index (χ2n) is 3.67. The molecule has 0 N–H and O–H groups in total. The van der Waals surface area contributed by atoms with E-state index in [-0.39, 0.29) is 12.0 Å². The minimum absolute atomic E-state index is 0.0237. The first-order chi connectivity index (χ1) is 4.56. The Morgan fingerprint density at radius 1 is 1.30 bits per heavy atom. The van der Waals surface area contributed by atoms with E-state index in [9.17, 15) is 5.11 Å². The van der Waals surface area contributed by atoms with Gasteiger partial charge in [-0.25, -0.2) is 5.11 Å². The Kier molecular flexibility index (Phi) is 4.65. The van der Waals surface area contributed by atoms with Crippen LogP contribution in [0.15, 0.2) is 0 Å². The summed E-state index contributed by atoms with van der Waals surface area (Å²) >= 11 is 0. The van der Waals surface area contributed by atoms with Gasteiger partial charge in [0.25, 0.3) is 0 Å². The molecule has 2 nitrogen and oxygen atoms in total. The van der Waals surface area contributed by atoms with Gasteiger partial charge in [0.1, 0.15) is 0 Å². The van der Waals surface area contributed by atoms with Crippen LogP contribution in [0.1, 0.15) is 27.2 Å². The van der Waals surface area contributed by atoms with Crippen molar-refractivity contribution in [1.82, 2.24) is 0 Å². The molecule has 0 aliphatic rings. The molecular formula is C8H17O2. The maximum Gasteiger partial charge on any atom is 0.0844 e. The number of ether oxygens (including phenoxy) is 1. The van der Waals surface area contributed by atoms with E-state index < -0.39 is 0 Å². The number of hydrogen-bond donors (Lipinski definition) is 0. The third-order valence-corrected chi connectivity index (χ3v) is 0.968. The highest BCUT2D eigenvalue weighted by Gasteiger charge is 2.08. The average molecular weight is 145 g/mol. The molecule has 1 radical (unpaired) electrons. The van der Waals surface area contributed by atoms with Crippen LogP contribution in [-0.4, -0.2) is 19.8 Å². The van der Waals surface area contributed by atoms with Gasteiger partial charge in [0, 0.05) is 6.61 Å². The highest BCUT2D eigenvalue weighted by atomic mass is 16.5. The predicted molar refractivity (Wildman–Crippen MR) is 40.4 cm³/mol. The van der Waals surface area contributed by atoms with Crippen molar-refractivity contribution in [1.29, 1.82) is 0 Å². The molecule has 0 aliphatic carbocycles. The largest absolute Gasteiger partial charge is 0.381 e. The van der Waals surface area contributed by atoms with Crippen molar-refractivity contribution in [3.05, 3.63) is 0 Å². The molecule has 0 saturated heterocycles. The van der Waals surface area contributed by atoms with E-state index in [1.807, 2.05) is 0 Å². The summed E-state index contributed by atoms with van der Waals surface area (Å²) in [5.74, 6) is 0. The fourth-order valence-corrected chi connectivity index (χ4v) is 0.539. The lowest BCUT2D eigenvalue weighted by Crippen LogP contribution is -2.15. The first kappa shape index (κ1) is 9.92. The monoisotopic (exact) mass is 145 g/mol. The topological polar surface area (TPSA) is 29.1 Å². The highest BCUT2D eigenvalue weighted by molar-refractivity contribution is 4.58. The van der Waals surface area contributed by atoms with Gasteiger partial charge in [0.15, 0.2) is 0 Å². The van der Waals surface area contributed by atoms with Crippen molar-refractivity contribution < 1.29 is 9.84 Å². The Balaban J connectivity index is 3.04. The maximum atomic E-state index is 9.97. The van der Waals surface area contributed by atoms with Crippen LogP contribution in [0.25, 0.3) is 0 Å². The van der Waals surface area contributed by atoms with E-state index in [4.69, 9.17) is 4.74 Å². The average Bonchev–Trinajstić information content (AvgIpc) is 1.78. The summed E-state index contributed by atoms with van der Waals surface area (Å²) < 4.78 is 5.24. The summed E-state index contributed by atoms with van der Waals surface area (Å²) in [7, 11) is 0. The van der Waals surface area contributed by atoms with Gasteiger partial charge >= 0.3 is 0 Å². The zero-order valence-electron chi connectivity index (χ0n) is 7.14. The summed E-state index contributed by atoms with van der Waals surface area (Å²) in [5.41, 5.74) is 0.225. The van der Waals surface area contributed by atoms with Crippen molar-refractivity contribution >= 4 is 0 Å². The first-order valence-corrected chi connectivity index (χ1v) is 3.72. The van der Waals surface area contributed by atoms with E-state index >= 15 is 0 Å². The van der Waals surface area contributed by atoms with Gasteiger partial charge in [0.2, 0.25) is 0 Å². The highest BCUT2D eigenvalue weighted by Crippen LogP contribution is 2.12. The van der Waals surface area contributed by atoms with Gasteiger partial charge in [-0.3, -0.25) is 0 Å². The standard InChI is InChI=1S/C8H17O2/c1-8(2,3)7-10-6-4-5-9/h4-7H2,1-3H3. The van der Waals surface area contributed by atoms with Crippen molar-refractivity contribution in [3.63, 3.8) is 0 Å². The lowest BCUT2D eigenvalue weighted by Gasteiger charge is -2.17. The van der Waals surface area contributed by atoms with Crippen LogP contribution in [0.2, 0.25) is 0 Å². The molecule has 0 spiro atoms. The van der Waals surface area contributed by atoms with E-state index in [2.05, 4.69) is 20.8 Å². The Morgan fingerprint density at radius 3 is 2.30 bits per heavy atom. The van der Waals surface area contributed by atoms with Gasteiger partial charge in [0.05, 0.1) is 13.2 Å².